The first-order valence-corrected chi connectivity index (χ1v) is 10.8. The maximum absolute atomic E-state index is 12.8. The zero-order valence-corrected chi connectivity index (χ0v) is 19.0. The number of carbonyl (C=O) groups is 3. The molecule has 0 bridgehead atoms. The topological polar surface area (TPSA) is 143 Å². The van der Waals surface area contributed by atoms with E-state index in [2.05, 4.69) is 15.6 Å². The molecule has 1 aliphatic carbocycles. The minimum Gasteiger partial charge on any atom is -0.374 e. The standard InChI is InChI=1S/C20H26Cl2N6O3/c1-19(2)14(20(19,21)22)9-27-18(31)13-4-3-7-28(13)15(29)10-26-12-8-25-6-5-11(12)16(23)17(24)30/h5-6,8,13-14,23,26H,3-4,7,9-10H2,1-2H3,(H2,24,30)(H,27,31)/p+1/t13-,14+/m0/s1. The van der Waals surface area contributed by atoms with Crippen molar-refractivity contribution in [2.24, 2.45) is 17.1 Å². The fourth-order valence-electron chi connectivity index (χ4n) is 3.97. The van der Waals surface area contributed by atoms with E-state index in [0.29, 0.717) is 30.8 Å². The van der Waals surface area contributed by atoms with Crippen LogP contribution in [0.2, 0.25) is 0 Å². The fourth-order valence-corrected chi connectivity index (χ4v) is 4.83. The van der Waals surface area contributed by atoms with Crippen molar-refractivity contribution in [1.82, 2.24) is 15.2 Å². The van der Waals surface area contributed by atoms with Crippen molar-refractivity contribution in [3.05, 3.63) is 24.0 Å². The molecule has 1 aromatic rings. The maximum atomic E-state index is 12.8. The molecular weight excluding hydrogens is 443 g/mol. The normalized spacial score (nSPS) is 23.2. The number of likely N-dealkylation sites (tertiary alicyclic amines) is 1. The van der Waals surface area contributed by atoms with Crippen molar-refractivity contribution in [1.29, 1.82) is 0 Å². The predicted octanol–water partition coefficient (Wildman–Crippen LogP) is -0.536. The Kier molecular flexibility index (Phi) is 6.48. The average Bonchev–Trinajstić information content (AvgIpc) is 3.07. The van der Waals surface area contributed by atoms with Gasteiger partial charge in [-0.1, -0.05) is 13.8 Å². The Bertz CT molecular complexity index is 906. The number of aromatic nitrogens is 1. The molecule has 1 saturated carbocycles. The Morgan fingerprint density at radius 2 is 2.03 bits per heavy atom. The highest BCUT2D eigenvalue weighted by Gasteiger charge is 2.69. The fraction of sp³-hybridized carbons (Fsp3) is 0.550. The number of halogens is 2. The third-order valence-corrected chi connectivity index (χ3v) is 7.75. The van der Waals surface area contributed by atoms with Gasteiger partial charge in [0.15, 0.2) is 0 Å². The third-order valence-electron chi connectivity index (χ3n) is 6.25. The molecule has 3 rings (SSSR count). The van der Waals surface area contributed by atoms with Crippen molar-refractivity contribution < 1.29 is 19.8 Å². The molecule has 2 heterocycles. The van der Waals surface area contributed by atoms with Gasteiger partial charge in [-0.15, -0.1) is 23.2 Å². The summed E-state index contributed by atoms with van der Waals surface area (Å²) in [7, 11) is 0. The molecule has 0 spiro atoms. The smallest absolute Gasteiger partial charge is 0.313 e. The Hall–Kier alpha value is -2.39. The van der Waals surface area contributed by atoms with E-state index in [1.165, 1.54) is 18.5 Å². The van der Waals surface area contributed by atoms with E-state index < -0.39 is 16.3 Å². The minimum absolute atomic E-state index is 0.0459. The van der Waals surface area contributed by atoms with Gasteiger partial charge >= 0.3 is 5.91 Å². The molecule has 2 atom stereocenters. The zero-order valence-electron chi connectivity index (χ0n) is 17.5. The molecule has 2 aliphatic rings. The first kappa shape index (κ1) is 23.3. The number of hydrogen-bond acceptors (Lipinski definition) is 5. The van der Waals surface area contributed by atoms with Crippen LogP contribution in [0.1, 0.15) is 32.3 Å². The van der Waals surface area contributed by atoms with Gasteiger partial charge in [0.05, 0.1) is 24.0 Å². The van der Waals surface area contributed by atoms with E-state index >= 15 is 0 Å². The molecule has 168 valence electrons. The summed E-state index contributed by atoms with van der Waals surface area (Å²) in [6, 6.07) is 0.985. The van der Waals surface area contributed by atoms with Crippen molar-refractivity contribution in [3.63, 3.8) is 0 Å². The van der Waals surface area contributed by atoms with Gasteiger partial charge in [-0.05, 0) is 18.9 Å². The summed E-state index contributed by atoms with van der Waals surface area (Å²) in [6.45, 7) is 4.66. The molecule has 0 aromatic carbocycles. The molecule has 31 heavy (non-hydrogen) atoms. The molecule has 11 heteroatoms. The van der Waals surface area contributed by atoms with Gasteiger partial charge in [-0.3, -0.25) is 19.4 Å². The molecule has 1 saturated heterocycles. The Morgan fingerprint density at radius 1 is 1.35 bits per heavy atom. The Labute approximate surface area is 190 Å². The second-order valence-corrected chi connectivity index (χ2v) is 9.83. The van der Waals surface area contributed by atoms with Crippen molar-refractivity contribution in [2.75, 3.05) is 25.0 Å². The number of carbonyl (C=O) groups excluding carboxylic acids is 3. The molecule has 3 amide bonds. The van der Waals surface area contributed by atoms with E-state index in [0.717, 1.165) is 6.42 Å². The van der Waals surface area contributed by atoms with Gasteiger partial charge in [0.2, 0.25) is 11.8 Å². The summed E-state index contributed by atoms with van der Waals surface area (Å²) in [6.07, 6.45) is 4.23. The predicted molar refractivity (Wildman–Crippen MR) is 117 cm³/mol. The second kappa shape index (κ2) is 8.63. The number of pyridine rings is 1. The van der Waals surface area contributed by atoms with Gasteiger partial charge in [-0.25, -0.2) is 5.41 Å². The molecule has 0 radical (unpaired) electrons. The van der Waals surface area contributed by atoms with Crippen molar-refractivity contribution in [3.8, 4) is 0 Å². The van der Waals surface area contributed by atoms with E-state index in [1.54, 1.807) is 4.90 Å². The number of rotatable bonds is 8. The summed E-state index contributed by atoms with van der Waals surface area (Å²) < 4.78 is -0.861. The molecule has 6 N–H and O–H groups in total. The molecule has 2 fully saturated rings. The van der Waals surface area contributed by atoms with Gasteiger partial charge in [0, 0.05) is 30.6 Å². The number of nitrogens with one attached hydrogen (secondary N) is 2. The Balaban J connectivity index is 1.58. The lowest BCUT2D eigenvalue weighted by atomic mass is 10.1. The van der Waals surface area contributed by atoms with Crippen molar-refractivity contribution in [2.45, 2.75) is 37.1 Å². The first-order chi connectivity index (χ1) is 14.5. The molecular formula is C20H27Cl2N6O3+. The lowest BCUT2D eigenvalue weighted by Crippen LogP contribution is -2.49. The van der Waals surface area contributed by atoms with Gasteiger partial charge in [-0.2, -0.15) is 0 Å². The highest BCUT2D eigenvalue weighted by molar-refractivity contribution is 6.51. The second-order valence-electron chi connectivity index (χ2n) is 8.44. The van der Waals surface area contributed by atoms with E-state index in [9.17, 15) is 14.4 Å². The van der Waals surface area contributed by atoms with Crippen LogP contribution in [0, 0.1) is 11.3 Å². The van der Waals surface area contributed by atoms with Gasteiger partial charge < -0.3 is 21.3 Å². The van der Waals surface area contributed by atoms with Crippen LogP contribution in [0.5, 0.6) is 0 Å². The number of primary amides is 1. The Morgan fingerprint density at radius 3 is 2.65 bits per heavy atom. The number of nitrogens with two attached hydrogens (primary N) is 2. The van der Waals surface area contributed by atoms with Crippen LogP contribution in [-0.4, -0.2) is 63.3 Å². The number of alkyl halides is 2. The number of anilines is 1. The van der Waals surface area contributed by atoms with E-state index in [1.807, 2.05) is 13.8 Å². The summed E-state index contributed by atoms with van der Waals surface area (Å²) >= 11 is 12.5. The largest absolute Gasteiger partial charge is 0.374 e. The quantitative estimate of drug-likeness (QED) is 0.298. The van der Waals surface area contributed by atoms with Crippen LogP contribution in [0.25, 0.3) is 0 Å². The van der Waals surface area contributed by atoms with E-state index in [-0.39, 0.29) is 35.4 Å². The van der Waals surface area contributed by atoms with E-state index in [4.69, 9.17) is 34.3 Å². The average molecular weight is 470 g/mol. The monoisotopic (exact) mass is 469 g/mol. The highest BCUT2D eigenvalue weighted by Crippen LogP contribution is 2.68. The van der Waals surface area contributed by atoms with Crippen LogP contribution < -0.4 is 21.8 Å². The van der Waals surface area contributed by atoms with Gasteiger partial charge in [0.1, 0.15) is 10.4 Å². The summed E-state index contributed by atoms with van der Waals surface area (Å²) in [5.74, 6) is -1.28. The van der Waals surface area contributed by atoms with Gasteiger partial charge in [0.25, 0.3) is 5.71 Å². The number of hydrogen-bond donors (Lipinski definition) is 4. The summed E-state index contributed by atoms with van der Waals surface area (Å²) in [5, 5.41) is 11.6. The summed E-state index contributed by atoms with van der Waals surface area (Å²) in [5.41, 5.74) is 5.61. The molecule has 1 aliphatic heterocycles. The number of nitrogens with zero attached hydrogens (tertiary/aromatic N) is 2. The molecule has 0 unspecified atom stereocenters. The van der Waals surface area contributed by atoms with Crippen LogP contribution in [0.4, 0.5) is 5.69 Å². The van der Waals surface area contributed by atoms with Crippen molar-refractivity contribution >= 4 is 52.3 Å². The zero-order chi connectivity index (χ0) is 23.0. The van der Waals surface area contributed by atoms with Crippen LogP contribution >= 0.6 is 23.2 Å². The van der Waals surface area contributed by atoms with Crippen LogP contribution in [0.3, 0.4) is 0 Å². The van der Waals surface area contributed by atoms with Crippen LogP contribution in [0.15, 0.2) is 18.5 Å². The van der Waals surface area contributed by atoms with Crippen LogP contribution in [-0.2, 0) is 14.4 Å². The lowest BCUT2D eigenvalue weighted by molar-refractivity contribution is -0.137. The maximum Gasteiger partial charge on any atom is 0.313 e. The SMILES string of the molecule is CC1(C)[C@@H](CNC(=O)[C@@H]2CCCN2C(=O)CNc2cnccc2C(=[NH2+])C(N)=O)C1(Cl)Cl. The molecule has 1 aromatic heterocycles. The molecule has 9 nitrogen and oxygen atoms in total. The first-order valence-electron chi connectivity index (χ1n) is 10.0. The lowest BCUT2D eigenvalue weighted by Gasteiger charge is -2.24. The minimum atomic E-state index is -0.861. The third kappa shape index (κ3) is 4.48. The number of amides is 3. The highest BCUT2D eigenvalue weighted by atomic mass is 35.5. The summed E-state index contributed by atoms with van der Waals surface area (Å²) in [4.78, 5) is 42.4.